The highest BCUT2D eigenvalue weighted by atomic mass is 79.9. The molecule has 0 spiro atoms. The van der Waals surface area contributed by atoms with Gasteiger partial charge in [-0.25, -0.2) is 4.98 Å². The Morgan fingerprint density at radius 1 is 1.08 bits per heavy atom. The number of ether oxygens (including phenoxy) is 3. The highest BCUT2D eigenvalue weighted by molar-refractivity contribution is 9.10. The van der Waals surface area contributed by atoms with Crippen molar-refractivity contribution in [3.8, 4) is 17.2 Å². The monoisotopic (exact) mass is 578 g/mol. The Kier molecular flexibility index (Phi) is 5.85. The first-order valence-electron chi connectivity index (χ1n) is 11.4. The van der Waals surface area contributed by atoms with Gasteiger partial charge >= 0.3 is 5.91 Å². The number of nitrogens with zero attached hydrogens (tertiary/aromatic N) is 2. The second kappa shape index (κ2) is 9.20. The van der Waals surface area contributed by atoms with E-state index in [-0.39, 0.29) is 11.3 Å². The van der Waals surface area contributed by atoms with E-state index >= 15 is 0 Å². The summed E-state index contributed by atoms with van der Waals surface area (Å²) < 4.78 is 18.1. The number of ketones is 1. The third kappa shape index (κ3) is 4.02. The minimum Gasteiger partial charge on any atom is -0.507 e. The van der Waals surface area contributed by atoms with Gasteiger partial charge in [0.1, 0.15) is 24.7 Å². The number of methoxy groups -OCH3 is 1. The normalized spacial score (nSPS) is 18.4. The van der Waals surface area contributed by atoms with Crippen LogP contribution in [-0.2, 0) is 9.59 Å². The molecular weight excluding hydrogens is 560 g/mol. The summed E-state index contributed by atoms with van der Waals surface area (Å²) in [7, 11) is 1.58. The molecule has 3 heterocycles. The Morgan fingerprint density at radius 2 is 1.89 bits per heavy atom. The van der Waals surface area contributed by atoms with Crippen LogP contribution in [0.2, 0.25) is 0 Å². The van der Waals surface area contributed by atoms with Gasteiger partial charge in [0.2, 0.25) is 0 Å². The van der Waals surface area contributed by atoms with E-state index in [2.05, 4.69) is 20.9 Å². The molecule has 1 amide bonds. The van der Waals surface area contributed by atoms with Crippen LogP contribution < -0.4 is 19.1 Å². The number of Topliss-reactive ketones (excluding diaryl/α,β-unsaturated/α-hetero) is 1. The van der Waals surface area contributed by atoms with E-state index in [1.54, 1.807) is 37.4 Å². The van der Waals surface area contributed by atoms with Crippen LogP contribution >= 0.6 is 27.3 Å². The predicted molar refractivity (Wildman–Crippen MR) is 143 cm³/mol. The number of rotatable bonds is 4. The molecule has 3 aromatic carbocycles. The molecule has 0 bridgehead atoms. The molecule has 6 rings (SSSR count). The standard InChI is InChI=1S/C27H19BrN2O6S/c1-34-17-6-7-18-21(13-17)37-27(29-18)30-23(14-3-2-4-16(28)11-14)22(25(32)26(30)33)24(31)15-5-8-19-20(12-15)36-10-9-35-19/h2-8,11-13,23,31H,9-10H2,1H3/b24-22-. The summed E-state index contributed by atoms with van der Waals surface area (Å²) in [5.41, 5.74) is 1.62. The second-order valence-electron chi connectivity index (χ2n) is 8.41. The van der Waals surface area contributed by atoms with Gasteiger partial charge in [-0.2, -0.15) is 0 Å². The summed E-state index contributed by atoms with van der Waals surface area (Å²) in [6, 6.07) is 16.7. The van der Waals surface area contributed by atoms with Crippen molar-refractivity contribution in [2.75, 3.05) is 25.2 Å². The molecule has 37 heavy (non-hydrogen) atoms. The Hall–Kier alpha value is -3.89. The van der Waals surface area contributed by atoms with Gasteiger partial charge in [0.25, 0.3) is 5.78 Å². The minimum atomic E-state index is -0.895. The molecule has 8 nitrogen and oxygen atoms in total. The molecule has 1 fully saturated rings. The molecular formula is C27H19BrN2O6S. The third-order valence-corrected chi connectivity index (χ3v) is 7.73. The summed E-state index contributed by atoms with van der Waals surface area (Å²) in [5.74, 6) is -0.192. The van der Waals surface area contributed by atoms with Crippen LogP contribution in [0.1, 0.15) is 17.2 Å². The topological polar surface area (TPSA) is 98.2 Å². The van der Waals surface area contributed by atoms with Crippen molar-refractivity contribution < 1.29 is 28.9 Å². The van der Waals surface area contributed by atoms with Gasteiger partial charge in [0, 0.05) is 10.0 Å². The van der Waals surface area contributed by atoms with Gasteiger partial charge in [-0.05, 0) is 54.1 Å². The lowest BCUT2D eigenvalue weighted by Crippen LogP contribution is -2.29. The first kappa shape index (κ1) is 23.5. The van der Waals surface area contributed by atoms with Gasteiger partial charge in [-0.15, -0.1) is 0 Å². The van der Waals surface area contributed by atoms with E-state index in [9.17, 15) is 14.7 Å². The number of hydrogen-bond acceptors (Lipinski definition) is 8. The quantitative estimate of drug-likeness (QED) is 0.195. The molecule has 1 atom stereocenters. The number of aliphatic hydroxyl groups excluding tert-OH is 1. The fraction of sp³-hybridized carbons (Fsp3) is 0.148. The van der Waals surface area contributed by atoms with E-state index < -0.39 is 17.7 Å². The molecule has 2 aliphatic heterocycles. The lowest BCUT2D eigenvalue weighted by molar-refractivity contribution is -0.132. The Morgan fingerprint density at radius 3 is 2.68 bits per heavy atom. The number of halogens is 1. The number of anilines is 1. The van der Waals surface area contributed by atoms with Gasteiger partial charge < -0.3 is 19.3 Å². The maximum absolute atomic E-state index is 13.5. The third-order valence-electron chi connectivity index (χ3n) is 6.21. The molecule has 10 heteroatoms. The van der Waals surface area contributed by atoms with Gasteiger partial charge in [-0.3, -0.25) is 14.5 Å². The van der Waals surface area contributed by atoms with E-state index in [0.717, 1.165) is 9.17 Å². The fourth-order valence-electron chi connectivity index (χ4n) is 4.49. The van der Waals surface area contributed by atoms with Crippen molar-refractivity contribution >= 4 is 60.1 Å². The number of aromatic nitrogens is 1. The van der Waals surface area contributed by atoms with Gasteiger partial charge in [0.15, 0.2) is 16.6 Å². The highest BCUT2D eigenvalue weighted by Gasteiger charge is 2.48. The van der Waals surface area contributed by atoms with Crippen LogP contribution in [0, 0.1) is 0 Å². The van der Waals surface area contributed by atoms with Gasteiger partial charge in [0.05, 0.1) is 28.9 Å². The summed E-state index contributed by atoms with van der Waals surface area (Å²) in [6.45, 7) is 0.808. The number of carbonyl (C=O) groups excluding carboxylic acids is 2. The van der Waals surface area contributed by atoms with E-state index in [1.807, 2.05) is 30.3 Å². The minimum absolute atomic E-state index is 0.0309. The van der Waals surface area contributed by atoms with Crippen LogP contribution in [0.15, 0.2) is 70.7 Å². The van der Waals surface area contributed by atoms with Gasteiger partial charge in [-0.1, -0.05) is 39.4 Å². The van der Waals surface area contributed by atoms with Crippen molar-refractivity contribution in [2.24, 2.45) is 0 Å². The second-order valence-corrected chi connectivity index (χ2v) is 10.3. The number of thiazole rings is 1. The van der Waals surface area contributed by atoms with Crippen LogP contribution in [0.4, 0.5) is 5.13 Å². The van der Waals surface area contributed by atoms with Crippen molar-refractivity contribution in [2.45, 2.75) is 6.04 Å². The summed E-state index contributed by atoms with van der Waals surface area (Å²) >= 11 is 4.75. The zero-order chi connectivity index (χ0) is 25.7. The van der Waals surface area contributed by atoms with Crippen LogP contribution in [0.25, 0.3) is 16.0 Å². The predicted octanol–water partition coefficient (Wildman–Crippen LogP) is 5.46. The zero-order valence-corrected chi connectivity index (χ0v) is 21.8. The molecule has 0 aliphatic carbocycles. The number of benzene rings is 3. The summed E-state index contributed by atoms with van der Waals surface area (Å²) in [6.07, 6.45) is 0. The fourth-order valence-corrected chi connectivity index (χ4v) is 5.93. The first-order valence-corrected chi connectivity index (χ1v) is 13.0. The Bertz CT molecular complexity index is 1610. The molecule has 4 aromatic rings. The van der Waals surface area contributed by atoms with Crippen LogP contribution in [-0.4, -0.2) is 42.1 Å². The molecule has 0 saturated carbocycles. The van der Waals surface area contributed by atoms with Crippen molar-refractivity contribution in [3.63, 3.8) is 0 Å². The average molecular weight is 579 g/mol. The SMILES string of the molecule is COc1ccc2nc(N3C(=O)C(=O)/C(=C(\O)c4ccc5c(c4)OCCO5)C3c3cccc(Br)c3)sc2c1. The molecule has 1 saturated heterocycles. The number of carbonyl (C=O) groups is 2. The van der Waals surface area contributed by atoms with E-state index in [0.29, 0.717) is 52.2 Å². The average Bonchev–Trinajstić information content (AvgIpc) is 3.45. The number of amides is 1. The Balaban J connectivity index is 1.53. The van der Waals surface area contributed by atoms with Crippen LogP contribution in [0.3, 0.4) is 0 Å². The molecule has 1 aromatic heterocycles. The van der Waals surface area contributed by atoms with Crippen molar-refractivity contribution in [1.82, 2.24) is 4.98 Å². The Labute approximate surface area is 223 Å². The molecule has 2 aliphatic rings. The van der Waals surface area contributed by atoms with Crippen LogP contribution in [0.5, 0.6) is 17.2 Å². The van der Waals surface area contributed by atoms with E-state index in [4.69, 9.17) is 14.2 Å². The van der Waals surface area contributed by atoms with Crippen molar-refractivity contribution in [3.05, 3.63) is 81.8 Å². The lowest BCUT2D eigenvalue weighted by Gasteiger charge is -2.23. The molecule has 1 N–H and O–H groups in total. The number of aliphatic hydroxyl groups is 1. The van der Waals surface area contributed by atoms with Crippen molar-refractivity contribution in [1.29, 1.82) is 0 Å². The highest BCUT2D eigenvalue weighted by Crippen LogP contribution is 2.45. The summed E-state index contributed by atoms with van der Waals surface area (Å²) in [5, 5.41) is 11.8. The number of hydrogen-bond donors (Lipinski definition) is 1. The molecule has 0 radical (unpaired) electrons. The smallest absolute Gasteiger partial charge is 0.301 e. The molecule has 186 valence electrons. The lowest BCUT2D eigenvalue weighted by atomic mass is 9.95. The zero-order valence-electron chi connectivity index (χ0n) is 19.4. The number of fused-ring (bicyclic) bond motifs is 2. The summed E-state index contributed by atoms with van der Waals surface area (Å²) in [4.78, 5) is 32.9. The first-order chi connectivity index (χ1) is 17.9. The molecule has 1 unspecified atom stereocenters. The maximum atomic E-state index is 13.5. The largest absolute Gasteiger partial charge is 0.507 e. The maximum Gasteiger partial charge on any atom is 0.301 e. The van der Waals surface area contributed by atoms with E-state index in [1.165, 1.54) is 16.2 Å².